The van der Waals surface area contributed by atoms with Gasteiger partial charge in [-0.25, -0.2) is 18.4 Å². The Balaban J connectivity index is 1.80. The van der Waals surface area contributed by atoms with Crippen LogP contribution in [0.5, 0.6) is 0 Å². The molecule has 9 heteroatoms. The molecule has 6 nitrogen and oxygen atoms in total. The summed E-state index contributed by atoms with van der Waals surface area (Å²) in [5.74, 6) is 1.10. The lowest BCUT2D eigenvalue weighted by Crippen LogP contribution is -2.04. The highest BCUT2D eigenvalue weighted by atomic mass is 35.5. The van der Waals surface area contributed by atoms with Crippen molar-refractivity contribution in [3.05, 3.63) is 64.9 Å². The fourth-order valence-electron chi connectivity index (χ4n) is 2.30. The zero-order valence-corrected chi connectivity index (χ0v) is 16.6. The number of halogens is 2. The van der Waals surface area contributed by atoms with Crippen molar-refractivity contribution in [2.45, 2.75) is 11.8 Å². The lowest BCUT2D eigenvalue weighted by molar-refractivity contribution is 0.597. The quantitative estimate of drug-likeness (QED) is 0.576. The molecule has 0 unspecified atom stereocenters. The summed E-state index contributed by atoms with van der Waals surface area (Å²) in [5, 5.41) is 7.10. The van der Waals surface area contributed by atoms with E-state index < -0.39 is 9.84 Å². The zero-order chi connectivity index (χ0) is 19.4. The van der Waals surface area contributed by atoms with E-state index in [1.165, 1.54) is 6.33 Å². The van der Waals surface area contributed by atoms with Gasteiger partial charge in [-0.2, -0.15) is 0 Å². The van der Waals surface area contributed by atoms with Gasteiger partial charge in [-0.05, 0) is 36.4 Å². The molecule has 0 saturated heterocycles. The molecule has 2 aromatic carbocycles. The Morgan fingerprint density at radius 2 is 1.56 bits per heavy atom. The molecule has 0 bridgehead atoms. The number of nitrogens with zero attached hydrogens (tertiary/aromatic N) is 2. The standard InChI is InChI=1S/C18H16Cl2N4O2S/c1-2-27(25,26)14-5-3-4-12(8-14)23-17-10-18(22-11-21-17)24-13-6-7-15(19)16(20)9-13/h3-11H,2H2,1H3,(H2,21,22,23,24). The third-order valence-electron chi connectivity index (χ3n) is 3.70. The number of hydrogen-bond acceptors (Lipinski definition) is 6. The summed E-state index contributed by atoms with van der Waals surface area (Å²) in [6, 6.07) is 13.5. The second kappa shape index (κ2) is 8.12. The van der Waals surface area contributed by atoms with E-state index in [2.05, 4.69) is 20.6 Å². The fourth-order valence-corrected chi connectivity index (χ4v) is 3.52. The van der Waals surface area contributed by atoms with Crippen LogP contribution in [0.3, 0.4) is 0 Å². The molecule has 0 fully saturated rings. The number of rotatable bonds is 6. The number of sulfone groups is 1. The van der Waals surface area contributed by atoms with Gasteiger partial charge < -0.3 is 10.6 Å². The van der Waals surface area contributed by atoms with Crippen LogP contribution in [0.15, 0.2) is 59.8 Å². The van der Waals surface area contributed by atoms with E-state index >= 15 is 0 Å². The van der Waals surface area contributed by atoms with Gasteiger partial charge in [-0.15, -0.1) is 0 Å². The molecule has 27 heavy (non-hydrogen) atoms. The summed E-state index contributed by atoms with van der Waals surface area (Å²) < 4.78 is 24.1. The van der Waals surface area contributed by atoms with Gasteiger partial charge in [0, 0.05) is 17.4 Å². The van der Waals surface area contributed by atoms with E-state index in [1.54, 1.807) is 55.5 Å². The molecular weight excluding hydrogens is 407 g/mol. The summed E-state index contributed by atoms with van der Waals surface area (Å²) in [4.78, 5) is 8.59. The zero-order valence-electron chi connectivity index (χ0n) is 14.3. The van der Waals surface area contributed by atoms with Crippen LogP contribution in [0, 0.1) is 0 Å². The first-order chi connectivity index (χ1) is 12.9. The smallest absolute Gasteiger partial charge is 0.178 e. The first-order valence-electron chi connectivity index (χ1n) is 8.01. The van der Waals surface area contributed by atoms with Crippen LogP contribution in [0.2, 0.25) is 10.0 Å². The minimum absolute atomic E-state index is 0.0433. The molecule has 0 aliphatic heterocycles. The molecule has 0 saturated carbocycles. The third-order valence-corrected chi connectivity index (χ3v) is 6.18. The Morgan fingerprint density at radius 1 is 0.889 bits per heavy atom. The normalized spacial score (nSPS) is 11.2. The Kier molecular flexibility index (Phi) is 5.84. The maximum absolute atomic E-state index is 12.0. The van der Waals surface area contributed by atoms with Crippen LogP contribution >= 0.6 is 23.2 Å². The van der Waals surface area contributed by atoms with Crippen molar-refractivity contribution in [1.29, 1.82) is 0 Å². The minimum atomic E-state index is -3.28. The van der Waals surface area contributed by atoms with Crippen molar-refractivity contribution in [2.24, 2.45) is 0 Å². The number of benzene rings is 2. The SMILES string of the molecule is CCS(=O)(=O)c1cccc(Nc2cc(Nc3ccc(Cl)c(Cl)c3)ncn2)c1. The van der Waals surface area contributed by atoms with Crippen LogP contribution in [0.4, 0.5) is 23.0 Å². The molecule has 0 aliphatic rings. The van der Waals surface area contributed by atoms with Crippen molar-refractivity contribution in [2.75, 3.05) is 16.4 Å². The average Bonchev–Trinajstić information content (AvgIpc) is 2.65. The van der Waals surface area contributed by atoms with Gasteiger partial charge in [-0.3, -0.25) is 0 Å². The topological polar surface area (TPSA) is 84.0 Å². The predicted octanol–water partition coefficient (Wildman–Crippen LogP) is 5.06. The van der Waals surface area contributed by atoms with Crippen LogP contribution in [0.1, 0.15) is 6.92 Å². The van der Waals surface area contributed by atoms with Gasteiger partial charge in [0.15, 0.2) is 9.84 Å². The van der Waals surface area contributed by atoms with E-state index in [1.807, 2.05) is 0 Å². The first-order valence-corrected chi connectivity index (χ1v) is 10.4. The van der Waals surface area contributed by atoms with Crippen LogP contribution in [-0.4, -0.2) is 24.1 Å². The van der Waals surface area contributed by atoms with Gasteiger partial charge in [0.25, 0.3) is 0 Å². The molecule has 1 heterocycles. The van der Waals surface area contributed by atoms with Crippen LogP contribution in [-0.2, 0) is 9.84 Å². The second-order valence-electron chi connectivity index (χ2n) is 5.60. The summed E-state index contributed by atoms with van der Waals surface area (Å²) in [6.45, 7) is 1.61. The summed E-state index contributed by atoms with van der Waals surface area (Å²) in [6.07, 6.45) is 1.40. The van der Waals surface area contributed by atoms with E-state index in [0.717, 1.165) is 5.69 Å². The third kappa shape index (κ3) is 4.88. The summed E-state index contributed by atoms with van der Waals surface area (Å²) >= 11 is 11.9. The molecule has 2 N–H and O–H groups in total. The number of nitrogens with one attached hydrogen (secondary N) is 2. The molecule has 0 amide bonds. The van der Waals surface area contributed by atoms with E-state index in [-0.39, 0.29) is 10.6 Å². The number of hydrogen-bond donors (Lipinski definition) is 2. The highest BCUT2D eigenvalue weighted by Crippen LogP contribution is 2.27. The molecule has 0 spiro atoms. The van der Waals surface area contributed by atoms with Gasteiger partial charge in [-0.1, -0.05) is 36.2 Å². The van der Waals surface area contributed by atoms with E-state index in [9.17, 15) is 8.42 Å². The Hall–Kier alpha value is -2.35. The molecule has 1 aromatic heterocycles. The second-order valence-corrected chi connectivity index (χ2v) is 8.69. The summed E-state index contributed by atoms with van der Waals surface area (Å²) in [5.41, 5.74) is 1.34. The Bertz CT molecular complexity index is 1070. The van der Waals surface area contributed by atoms with Crippen molar-refractivity contribution < 1.29 is 8.42 Å². The van der Waals surface area contributed by atoms with Crippen LogP contribution in [0.25, 0.3) is 0 Å². The fraction of sp³-hybridized carbons (Fsp3) is 0.111. The summed E-state index contributed by atoms with van der Waals surface area (Å²) in [7, 11) is -3.28. The average molecular weight is 423 g/mol. The van der Waals surface area contributed by atoms with E-state index in [4.69, 9.17) is 23.2 Å². The highest BCUT2D eigenvalue weighted by molar-refractivity contribution is 7.91. The Labute approximate surface area is 167 Å². The lowest BCUT2D eigenvalue weighted by Gasteiger charge is -2.10. The Morgan fingerprint density at radius 3 is 2.19 bits per heavy atom. The molecule has 140 valence electrons. The molecule has 0 atom stereocenters. The largest absolute Gasteiger partial charge is 0.340 e. The van der Waals surface area contributed by atoms with E-state index in [0.29, 0.717) is 27.4 Å². The maximum atomic E-state index is 12.0. The van der Waals surface area contributed by atoms with Crippen molar-refractivity contribution >= 4 is 56.0 Å². The minimum Gasteiger partial charge on any atom is -0.340 e. The van der Waals surface area contributed by atoms with Gasteiger partial charge in [0.05, 0.1) is 20.7 Å². The van der Waals surface area contributed by atoms with Gasteiger partial charge in [0.2, 0.25) is 0 Å². The molecule has 0 aliphatic carbocycles. The highest BCUT2D eigenvalue weighted by Gasteiger charge is 2.12. The van der Waals surface area contributed by atoms with Crippen molar-refractivity contribution in [3.8, 4) is 0 Å². The van der Waals surface area contributed by atoms with Crippen LogP contribution < -0.4 is 10.6 Å². The number of anilines is 4. The predicted molar refractivity (Wildman–Crippen MR) is 109 cm³/mol. The van der Waals surface area contributed by atoms with Crippen molar-refractivity contribution in [1.82, 2.24) is 9.97 Å². The molecule has 3 aromatic rings. The number of aromatic nitrogens is 2. The van der Waals surface area contributed by atoms with Crippen molar-refractivity contribution in [3.63, 3.8) is 0 Å². The molecule has 3 rings (SSSR count). The first kappa shape index (κ1) is 19.4. The molecular formula is C18H16Cl2N4O2S. The molecule has 0 radical (unpaired) electrons. The lowest BCUT2D eigenvalue weighted by atomic mass is 10.3. The van der Waals surface area contributed by atoms with Gasteiger partial charge >= 0.3 is 0 Å². The maximum Gasteiger partial charge on any atom is 0.178 e. The van der Waals surface area contributed by atoms with Gasteiger partial charge in [0.1, 0.15) is 18.0 Å². The monoisotopic (exact) mass is 422 g/mol.